The normalized spacial score (nSPS) is 16.9. The van der Waals surface area contributed by atoms with Crippen molar-refractivity contribution < 1.29 is 9.18 Å². The Kier molecular flexibility index (Phi) is 4.70. The number of carbonyl (C=O) groups excluding carboxylic acids is 1. The van der Waals surface area contributed by atoms with Crippen LogP contribution in [0.15, 0.2) is 24.3 Å². The molecule has 0 radical (unpaired) electrons. The molecule has 1 aliphatic carbocycles. The van der Waals surface area contributed by atoms with Crippen molar-refractivity contribution in [3.05, 3.63) is 35.6 Å². The molecular formula is C15H19FN2OS. The molecule has 108 valence electrons. The lowest BCUT2D eigenvalue weighted by atomic mass is 9.85. The fourth-order valence-electron chi connectivity index (χ4n) is 2.75. The Bertz CT molecular complexity index is 512. The lowest BCUT2D eigenvalue weighted by Gasteiger charge is -2.26. The Morgan fingerprint density at radius 2 is 2.10 bits per heavy atom. The average molecular weight is 294 g/mol. The Hall–Kier alpha value is -1.49. The molecule has 1 saturated carbocycles. The number of halogens is 1. The summed E-state index contributed by atoms with van der Waals surface area (Å²) >= 11 is 5.07. The molecule has 1 aliphatic rings. The second-order valence-electron chi connectivity index (χ2n) is 5.29. The number of hydrogen-bond donors (Lipinski definition) is 2. The van der Waals surface area contributed by atoms with Crippen molar-refractivity contribution in [2.45, 2.75) is 32.1 Å². The first-order chi connectivity index (χ1) is 9.54. The maximum Gasteiger partial charge on any atom is 0.233 e. The number of nitrogens with two attached hydrogens (primary N) is 1. The molecule has 0 bridgehead atoms. The molecule has 0 atom stereocenters. The van der Waals surface area contributed by atoms with E-state index in [1.807, 2.05) is 6.07 Å². The first-order valence-electron chi connectivity index (χ1n) is 6.87. The molecule has 0 heterocycles. The predicted molar refractivity (Wildman–Crippen MR) is 80.8 cm³/mol. The van der Waals surface area contributed by atoms with Gasteiger partial charge in [0.1, 0.15) is 5.82 Å². The van der Waals surface area contributed by atoms with E-state index in [1.54, 1.807) is 6.07 Å². The molecule has 1 fully saturated rings. The fraction of sp³-hybridized carbons (Fsp3) is 0.467. The van der Waals surface area contributed by atoms with Gasteiger partial charge in [0.25, 0.3) is 0 Å². The summed E-state index contributed by atoms with van der Waals surface area (Å²) in [5.41, 5.74) is 5.95. The molecule has 1 amide bonds. The molecular weight excluding hydrogens is 275 g/mol. The summed E-state index contributed by atoms with van der Waals surface area (Å²) in [6.45, 7) is 0.465. The summed E-state index contributed by atoms with van der Waals surface area (Å²) in [5.74, 6) is -0.344. The van der Waals surface area contributed by atoms with Gasteiger partial charge in [-0.1, -0.05) is 37.2 Å². The van der Waals surface area contributed by atoms with E-state index >= 15 is 0 Å². The highest BCUT2D eigenvalue weighted by molar-refractivity contribution is 7.80. The summed E-state index contributed by atoms with van der Waals surface area (Å²) in [7, 11) is 0. The molecule has 0 spiro atoms. The lowest BCUT2D eigenvalue weighted by Crippen LogP contribution is -2.47. The van der Waals surface area contributed by atoms with Gasteiger partial charge in [-0.15, -0.1) is 0 Å². The van der Waals surface area contributed by atoms with Gasteiger partial charge in [0.2, 0.25) is 5.91 Å². The minimum atomic E-state index is -0.669. The van der Waals surface area contributed by atoms with E-state index < -0.39 is 5.41 Å². The van der Waals surface area contributed by atoms with Crippen LogP contribution in [0.2, 0.25) is 0 Å². The van der Waals surface area contributed by atoms with E-state index in [4.69, 9.17) is 18.0 Å². The van der Waals surface area contributed by atoms with Crippen LogP contribution in [0.5, 0.6) is 0 Å². The third-order valence-electron chi connectivity index (χ3n) is 3.95. The summed E-state index contributed by atoms with van der Waals surface area (Å²) < 4.78 is 13.0. The van der Waals surface area contributed by atoms with E-state index in [0.29, 0.717) is 18.0 Å². The van der Waals surface area contributed by atoms with Gasteiger partial charge in [-0.25, -0.2) is 4.39 Å². The molecule has 0 aromatic heterocycles. The number of carbonyl (C=O) groups is 1. The van der Waals surface area contributed by atoms with Crippen LogP contribution in [0.4, 0.5) is 4.39 Å². The topological polar surface area (TPSA) is 55.1 Å². The molecule has 1 aromatic rings. The summed E-state index contributed by atoms with van der Waals surface area (Å²) in [6, 6.07) is 6.39. The molecule has 3 N–H and O–H groups in total. The van der Waals surface area contributed by atoms with Crippen LogP contribution < -0.4 is 11.1 Å². The Morgan fingerprint density at radius 1 is 1.40 bits per heavy atom. The minimum absolute atomic E-state index is 0.0843. The fourth-order valence-corrected chi connectivity index (χ4v) is 3.04. The molecule has 1 aromatic carbocycles. The van der Waals surface area contributed by atoms with Crippen LogP contribution in [0.1, 0.15) is 31.2 Å². The average Bonchev–Trinajstić information content (AvgIpc) is 2.89. The zero-order valence-corrected chi connectivity index (χ0v) is 12.1. The zero-order valence-electron chi connectivity index (χ0n) is 11.3. The van der Waals surface area contributed by atoms with Gasteiger partial charge < -0.3 is 11.1 Å². The first-order valence-corrected chi connectivity index (χ1v) is 7.28. The Labute approximate surface area is 123 Å². The van der Waals surface area contributed by atoms with Crippen LogP contribution in [-0.4, -0.2) is 17.4 Å². The van der Waals surface area contributed by atoms with Gasteiger partial charge in [-0.2, -0.15) is 0 Å². The van der Waals surface area contributed by atoms with E-state index in [9.17, 15) is 9.18 Å². The monoisotopic (exact) mass is 294 g/mol. The minimum Gasteiger partial charge on any atom is -0.392 e. The lowest BCUT2D eigenvalue weighted by molar-refractivity contribution is -0.127. The van der Waals surface area contributed by atoms with Crippen LogP contribution in [0.3, 0.4) is 0 Å². The van der Waals surface area contributed by atoms with Crippen LogP contribution in [0.25, 0.3) is 0 Å². The van der Waals surface area contributed by atoms with E-state index in [0.717, 1.165) is 31.2 Å². The number of nitrogens with one attached hydrogen (secondary N) is 1. The molecule has 2 rings (SSSR count). The van der Waals surface area contributed by atoms with Crippen molar-refractivity contribution in [3.8, 4) is 0 Å². The standard InChI is InChI=1S/C15H19FN2OS/c16-12-5-3-4-11(10-12)6-9-18-14(19)15(13(17)20)7-1-2-8-15/h3-5,10H,1-2,6-9H2,(H2,17,20)(H,18,19). The number of rotatable bonds is 5. The summed E-state index contributed by atoms with van der Waals surface area (Å²) in [6.07, 6.45) is 4.02. The highest BCUT2D eigenvalue weighted by Crippen LogP contribution is 2.38. The second-order valence-corrected chi connectivity index (χ2v) is 5.73. The maximum absolute atomic E-state index is 13.0. The van der Waals surface area contributed by atoms with Gasteiger partial charge in [0.05, 0.1) is 10.4 Å². The predicted octanol–water partition coefficient (Wildman–Crippen LogP) is 2.33. The third kappa shape index (κ3) is 3.15. The highest BCUT2D eigenvalue weighted by atomic mass is 32.1. The van der Waals surface area contributed by atoms with E-state index in [2.05, 4.69) is 5.32 Å². The van der Waals surface area contributed by atoms with Crippen molar-refractivity contribution >= 4 is 23.1 Å². The van der Waals surface area contributed by atoms with Gasteiger partial charge in [-0.05, 0) is 37.0 Å². The van der Waals surface area contributed by atoms with Crippen molar-refractivity contribution in [2.24, 2.45) is 11.1 Å². The smallest absolute Gasteiger partial charge is 0.233 e. The highest BCUT2D eigenvalue weighted by Gasteiger charge is 2.43. The van der Waals surface area contributed by atoms with Gasteiger partial charge in [0.15, 0.2) is 0 Å². The maximum atomic E-state index is 13.0. The second kappa shape index (κ2) is 6.31. The van der Waals surface area contributed by atoms with Crippen molar-refractivity contribution in [1.29, 1.82) is 0 Å². The SMILES string of the molecule is NC(=S)C1(C(=O)NCCc2cccc(F)c2)CCCC1. The largest absolute Gasteiger partial charge is 0.392 e. The molecule has 5 heteroatoms. The van der Waals surface area contributed by atoms with Crippen molar-refractivity contribution in [2.75, 3.05) is 6.54 Å². The number of thiocarbonyl (C=S) groups is 1. The zero-order chi connectivity index (χ0) is 14.6. The van der Waals surface area contributed by atoms with E-state index in [1.165, 1.54) is 12.1 Å². The molecule has 0 unspecified atom stereocenters. The molecule has 3 nitrogen and oxygen atoms in total. The summed E-state index contributed by atoms with van der Waals surface area (Å²) in [4.78, 5) is 12.6. The van der Waals surface area contributed by atoms with Gasteiger partial charge in [-0.3, -0.25) is 4.79 Å². The number of amides is 1. The van der Waals surface area contributed by atoms with Gasteiger partial charge >= 0.3 is 0 Å². The Balaban J connectivity index is 1.90. The van der Waals surface area contributed by atoms with Gasteiger partial charge in [0, 0.05) is 6.54 Å². The third-order valence-corrected chi connectivity index (χ3v) is 4.34. The number of hydrogen-bond acceptors (Lipinski definition) is 2. The van der Waals surface area contributed by atoms with Crippen molar-refractivity contribution in [1.82, 2.24) is 5.32 Å². The summed E-state index contributed by atoms with van der Waals surface area (Å²) in [5, 5.41) is 2.89. The molecule has 20 heavy (non-hydrogen) atoms. The Morgan fingerprint density at radius 3 is 2.70 bits per heavy atom. The quantitative estimate of drug-likeness (QED) is 0.820. The van der Waals surface area contributed by atoms with Crippen LogP contribution in [-0.2, 0) is 11.2 Å². The number of benzene rings is 1. The van der Waals surface area contributed by atoms with E-state index in [-0.39, 0.29) is 11.7 Å². The molecule has 0 saturated heterocycles. The van der Waals surface area contributed by atoms with Crippen LogP contribution >= 0.6 is 12.2 Å². The molecule has 0 aliphatic heterocycles. The van der Waals surface area contributed by atoms with Crippen molar-refractivity contribution in [3.63, 3.8) is 0 Å². The first kappa shape index (κ1) is 14.9. The van der Waals surface area contributed by atoms with Crippen LogP contribution in [0, 0.1) is 11.2 Å².